The molecule has 144 valence electrons. The summed E-state index contributed by atoms with van der Waals surface area (Å²) in [4.78, 5) is 11.8. The smallest absolute Gasteiger partial charge is 0.424 e. The summed E-state index contributed by atoms with van der Waals surface area (Å²) in [5, 5.41) is 0. The van der Waals surface area contributed by atoms with Gasteiger partial charge in [-0.3, -0.25) is 0 Å². The first-order valence-electron chi connectivity index (χ1n) is 8.43. The molecule has 27 heavy (non-hydrogen) atoms. The lowest BCUT2D eigenvalue weighted by molar-refractivity contribution is 0.113. The summed E-state index contributed by atoms with van der Waals surface area (Å²) in [5.74, 6) is 0. The molecule has 1 saturated heterocycles. The maximum Gasteiger partial charge on any atom is 0.424 e. The van der Waals surface area contributed by atoms with Crippen molar-refractivity contribution in [2.45, 2.75) is 29.3 Å². The van der Waals surface area contributed by atoms with Crippen LogP contribution in [0.25, 0.3) is 0 Å². The fourth-order valence-electron chi connectivity index (χ4n) is 2.75. The van der Waals surface area contributed by atoms with Gasteiger partial charge >= 0.3 is 6.09 Å². The predicted octanol–water partition coefficient (Wildman–Crippen LogP) is 3.48. The van der Waals surface area contributed by atoms with E-state index >= 15 is 0 Å². The molecular formula is C19H20BrNO5S. The number of ether oxygens (including phenoxy) is 2. The number of halogens is 1. The van der Waals surface area contributed by atoms with Gasteiger partial charge in [0.05, 0.1) is 22.9 Å². The summed E-state index contributed by atoms with van der Waals surface area (Å²) < 4.78 is 37.4. The number of alkyl halides is 1. The Morgan fingerprint density at radius 1 is 1.19 bits per heavy atom. The van der Waals surface area contributed by atoms with Gasteiger partial charge in [-0.1, -0.05) is 64.0 Å². The number of rotatable bonds is 7. The highest BCUT2D eigenvalue weighted by atomic mass is 79.9. The van der Waals surface area contributed by atoms with E-state index in [1.807, 2.05) is 37.3 Å². The Bertz CT molecular complexity index is 886. The summed E-state index contributed by atoms with van der Waals surface area (Å²) >= 11 is 3.46. The maximum absolute atomic E-state index is 12.9. The van der Waals surface area contributed by atoms with Crippen LogP contribution in [-0.2, 0) is 26.1 Å². The van der Waals surface area contributed by atoms with Crippen LogP contribution in [0.5, 0.6) is 0 Å². The van der Waals surface area contributed by atoms with Gasteiger partial charge in [0.15, 0.2) is 0 Å². The molecule has 8 heteroatoms. The molecule has 1 fully saturated rings. The largest absolute Gasteiger partial charge is 0.446 e. The Kier molecular flexibility index (Phi) is 6.18. The van der Waals surface area contributed by atoms with Crippen LogP contribution in [0.3, 0.4) is 0 Å². The Morgan fingerprint density at radius 3 is 2.52 bits per heavy atom. The van der Waals surface area contributed by atoms with Gasteiger partial charge in [0.25, 0.3) is 10.0 Å². The molecule has 0 bridgehead atoms. The van der Waals surface area contributed by atoms with Crippen LogP contribution in [0, 0.1) is 6.92 Å². The number of hydrogen-bond acceptors (Lipinski definition) is 5. The van der Waals surface area contributed by atoms with Crippen molar-refractivity contribution in [2.75, 3.05) is 13.2 Å². The Morgan fingerprint density at radius 2 is 1.85 bits per heavy atom. The van der Waals surface area contributed by atoms with Gasteiger partial charge in [0.2, 0.25) is 0 Å². The predicted molar refractivity (Wildman–Crippen MR) is 104 cm³/mol. The first kappa shape index (κ1) is 19.9. The van der Waals surface area contributed by atoms with Crippen molar-refractivity contribution in [2.24, 2.45) is 0 Å². The van der Waals surface area contributed by atoms with Crippen LogP contribution in [0.15, 0.2) is 59.5 Å². The third-order valence-corrected chi connectivity index (χ3v) is 6.92. The van der Waals surface area contributed by atoms with E-state index in [0.717, 1.165) is 15.4 Å². The first-order chi connectivity index (χ1) is 12.9. The molecule has 0 N–H and O–H groups in total. The highest BCUT2D eigenvalue weighted by molar-refractivity contribution is 9.09. The number of nitrogens with zero attached hydrogens (tertiary/aromatic N) is 1. The zero-order valence-electron chi connectivity index (χ0n) is 14.7. The van der Waals surface area contributed by atoms with Crippen molar-refractivity contribution < 1.29 is 22.7 Å². The molecular weight excluding hydrogens is 434 g/mol. The van der Waals surface area contributed by atoms with E-state index in [1.165, 1.54) is 12.1 Å². The lowest BCUT2D eigenvalue weighted by Gasteiger charge is -2.25. The molecule has 0 aromatic heterocycles. The topological polar surface area (TPSA) is 72.9 Å². The molecule has 1 aliphatic rings. The molecule has 2 aromatic carbocycles. The van der Waals surface area contributed by atoms with E-state index in [1.54, 1.807) is 12.1 Å². The van der Waals surface area contributed by atoms with Crippen molar-refractivity contribution in [3.8, 4) is 0 Å². The number of hydrogen-bond donors (Lipinski definition) is 0. The van der Waals surface area contributed by atoms with Crippen molar-refractivity contribution in [1.82, 2.24) is 4.31 Å². The minimum atomic E-state index is -4.00. The number of aryl methyl sites for hydroxylation is 1. The van der Waals surface area contributed by atoms with Crippen LogP contribution in [0.2, 0.25) is 0 Å². The number of amides is 1. The van der Waals surface area contributed by atoms with Gasteiger partial charge in [0.1, 0.15) is 12.6 Å². The lowest BCUT2D eigenvalue weighted by atomic mass is 10.2. The van der Waals surface area contributed by atoms with E-state index in [-0.39, 0.29) is 18.1 Å². The average molecular weight is 454 g/mol. The molecule has 1 aliphatic heterocycles. The molecule has 1 unspecified atom stereocenters. The zero-order valence-corrected chi connectivity index (χ0v) is 17.1. The molecule has 0 radical (unpaired) electrons. The van der Waals surface area contributed by atoms with Crippen molar-refractivity contribution in [3.63, 3.8) is 0 Å². The van der Waals surface area contributed by atoms with Gasteiger partial charge in [-0.25, -0.2) is 13.2 Å². The number of cyclic esters (lactones) is 1. The second kappa shape index (κ2) is 8.41. The second-order valence-electron chi connectivity index (χ2n) is 6.27. The lowest BCUT2D eigenvalue weighted by Crippen LogP contribution is -2.45. The molecule has 0 aliphatic carbocycles. The summed E-state index contributed by atoms with van der Waals surface area (Å²) in [7, 11) is -4.00. The van der Waals surface area contributed by atoms with E-state index in [2.05, 4.69) is 15.9 Å². The van der Waals surface area contributed by atoms with Gasteiger partial charge in [-0.2, -0.15) is 4.31 Å². The van der Waals surface area contributed by atoms with E-state index in [9.17, 15) is 13.2 Å². The number of carbonyl (C=O) groups is 1. The van der Waals surface area contributed by atoms with E-state index in [0.29, 0.717) is 6.61 Å². The molecule has 2 atom stereocenters. The van der Waals surface area contributed by atoms with Crippen molar-refractivity contribution in [1.29, 1.82) is 0 Å². The number of sulfonamides is 1. The standard InChI is InChI=1S/C19H20BrNO5S/c1-14-7-9-16(10-8-14)27(23,24)21-18(13-26-19(21)22)17(20)12-25-11-15-5-3-2-4-6-15/h2-10,17-18H,11-13H2,1H3/t17-,18?/m1/s1. The Hall–Kier alpha value is -1.90. The molecule has 2 aromatic rings. The molecule has 0 saturated carbocycles. The van der Waals surface area contributed by atoms with Crippen LogP contribution in [-0.4, -0.2) is 42.9 Å². The maximum atomic E-state index is 12.9. The van der Waals surface area contributed by atoms with Crippen LogP contribution >= 0.6 is 15.9 Å². The van der Waals surface area contributed by atoms with Crippen LogP contribution < -0.4 is 0 Å². The van der Waals surface area contributed by atoms with Crippen LogP contribution in [0.4, 0.5) is 4.79 Å². The van der Waals surface area contributed by atoms with E-state index in [4.69, 9.17) is 9.47 Å². The molecule has 3 rings (SSSR count). The highest BCUT2D eigenvalue weighted by Crippen LogP contribution is 2.28. The normalized spacial score (nSPS) is 18.4. The fourth-order valence-corrected chi connectivity index (χ4v) is 5.00. The third-order valence-electron chi connectivity index (χ3n) is 4.24. The summed E-state index contributed by atoms with van der Waals surface area (Å²) in [6.07, 6.45) is -0.868. The van der Waals surface area contributed by atoms with Crippen molar-refractivity contribution in [3.05, 3.63) is 65.7 Å². The minimum Gasteiger partial charge on any atom is -0.446 e. The Balaban J connectivity index is 1.70. The zero-order chi connectivity index (χ0) is 19.4. The summed E-state index contributed by atoms with van der Waals surface area (Å²) in [6, 6.07) is 15.3. The van der Waals surface area contributed by atoms with Crippen LogP contribution in [0.1, 0.15) is 11.1 Å². The van der Waals surface area contributed by atoms with Gasteiger partial charge in [-0.15, -0.1) is 0 Å². The molecule has 6 nitrogen and oxygen atoms in total. The van der Waals surface area contributed by atoms with Gasteiger partial charge < -0.3 is 9.47 Å². The van der Waals surface area contributed by atoms with E-state index < -0.39 is 27.0 Å². The molecule has 1 amide bonds. The first-order valence-corrected chi connectivity index (χ1v) is 10.8. The second-order valence-corrected chi connectivity index (χ2v) is 9.27. The summed E-state index contributed by atoms with van der Waals surface area (Å²) in [5.41, 5.74) is 1.95. The van der Waals surface area contributed by atoms with Gasteiger partial charge in [0, 0.05) is 0 Å². The number of benzene rings is 2. The summed E-state index contributed by atoms with van der Waals surface area (Å²) in [6.45, 7) is 2.47. The fraction of sp³-hybridized carbons (Fsp3) is 0.316. The molecule has 0 spiro atoms. The average Bonchev–Trinajstić information content (AvgIpc) is 3.05. The Labute approximate surface area is 167 Å². The number of carbonyl (C=O) groups excluding carboxylic acids is 1. The quantitative estimate of drug-likeness (QED) is 0.599. The van der Waals surface area contributed by atoms with Gasteiger partial charge in [-0.05, 0) is 24.6 Å². The van der Waals surface area contributed by atoms with Crippen molar-refractivity contribution >= 4 is 32.0 Å². The highest BCUT2D eigenvalue weighted by Gasteiger charge is 2.45. The monoisotopic (exact) mass is 453 g/mol. The third kappa shape index (κ3) is 4.51. The minimum absolute atomic E-state index is 0.0193. The molecule has 1 heterocycles. The SMILES string of the molecule is Cc1ccc(S(=O)(=O)N2C(=O)OCC2[C@H](Br)COCc2ccccc2)cc1.